The molecule has 0 fully saturated rings. The number of carbonyl (C=O) groups is 2. The first-order chi connectivity index (χ1) is 11.6. The van der Waals surface area contributed by atoms with Crippen LogP contribution in [0.25, 0.3) is 0 Å². The molecule has 2 rings (SSSR count). The summed E-state index contributed by atoms with van der Waals surface area (Å²) in [5, 5.41) is 9.82. The third kappa shape index (κ3) is 4.24. The second-order valence-corrected chi connectivity index (χ2v) is 6.11. The molecule has 24 heavy (non-hydrogen) atoms. The van der Waals surface area contributed by atoms with E-state index in [0.29, 0.717) is 12.3 Å². The Morgan fingerprint density at radius 3 is 2.33 bits per heavy atom. The van der Waals surface area contributed by atoms with Crippen LogP contribution in [-0.4, -0.2) is 22.6 Å². The first kappa shape index (κ1) is 18.2. The lowest BCUT2D eigenvalue weighted by Gasteiger charge is -2.15. The number of benzene rings is 2. The third-order valence-electron chi connectivity index (χ3n) is 4.03. The highest BCUT2D eigenvalue weighted by Crippen LogP contribution is 2.26. The van der Waals surface area contributed by atoms with Gasteiger partial charge in [-0.25, -0.2) is 0 Å². The van der Waals surface area contributed by atoms with Gasteiger partial charge in [-0.1, -0.05) is 49.7 Å². The summed E-state index contributed by atoms with van der Waals surface area (Å²) in [5.74, 6) is -1.24. The monoisotopic (exact) mass is 344 g/mol. The van der Waals surface area contributed by atoms with Crippen LogP contribution in [0.2, 0.25) is 0 Å². The van der Waals surface area contributed by atoms with Crippen molar-refractivity contribution in [2.75, 3.05) is 5.88 Å². The fourth-order valence-electron chi connectivity index (χ4n) is 2.72. The smallest absolute Gasteiger partial charge is 0.232 e. The molecule has 4 heteroatoms. The molecule has 0 aliphatic carbocycles. The van der Waals surface area contributed by atoms with Crippen molar-refractivity contribution >= 4 is 23.2 Å². The molecule has 0 amide bonds. The molecule has 2 aromatic carbocycles. The van der Waals surface area contributed by atoms with Gasteiger partial charge in [0.25, 0.3) is 0 Å². The van der Waals surface area contributed by atoms with Crippen LogP contribution in [0.15, 0.2) is 48.5 Å². The number of hydrogen-bond acceptors (Lipinski definition) is 3. The van der Waals surface area contributed by atoms with Gasteiger partial charge in [0, 0.05) is 5.88 Å². The van der Waals surface area contributed by atoms with E-state index in [1.165, 1.54) is 12.1 Å². The van der Waals surface area contributed by atoms with Crippen LogP contribution in [-0.2, 0) is 11.2 Å². The van der Waals surface area contributed by atoms with E-state index >= 15 is 0 Å². The average molecular weight is 345 g/mol. The van der Waals surface area contributed by atoms with Crippen LogP contribution < -0.4 is 0 Å². The van der Waals surface area contributed by atoms with E-state index < -0.39 is 17.5 Å². The minimum atomic E-state index is -0.642. The van der Waals surface area contributed by atoms with E-state index in [1.54, 1.807) is 12.1 Å². The Bertz CT molecular complexity index is 707. The van der Waals surface area contributed by atoms with Crippen molar-refractivity contribution in [3.63, 3.8) is 0 Å². The van der Waals surface area contributed by atoms with E-state index in [1.807, 2.05) is 31.2 Å². The highest BCUT2D eigenvalue weighted by atomic mass is 35.5. The normalized spacial score (nSPS) is 11.9. The van der Waals surface area contributed by atoms with Gasteiger partial charge in [0.2, 0.25) is 11.6 Å². The number of phenolic OH excluding ortho intramolecular Hbond substituents is 1. The lowest BCUT2D eigenvalue weighted by molar-refractivity contribution is -0.116. The molecule has 1 atom stereocenters. The number of carbonyl (C=O) groups excluding carboxylic acids is 2. The molecular weight excluding hydrogens is 324 g/mol. The maximum absolute atomic E-state index is 12.7. The quantitative estimate of drug-likeness (QED) is 0.435. The SMILES string of the molecule is CCCC(C(=O)C(=O)c1ccccc1O)c1ccc(CCCl)cc1. The zero-order chi connectivity index (χ0) is 17.5. The molecule has 3 nitrogen and oxygen atoms in total. The molecule has 0 radical (unpaired) electrons. The van der Waals surface area contributed by atoms with Crippen molar-refractivity contribution in [2.45, 2.75) is 32.1 Å². The third-order valence-corrected chi connectivity index (χ3v) is 4.22. The molecule has 2 aromatic rings. The van der Waals surface area contributed by atoms with Gasteiger partial charge in [-0.15, -0.1) is 11.6 Å². The van der Waals surface area contributed by atoms with Gasteiger partial charge in [0.05, 0.1) is 11.5 Å². The zero-order valence-corrected chi connectivity index (χ0v) is 14.4. The van der Waals surface area contributed by atoms with Gasteiger partial charge in [0.15, 0.2) is 0 Å². The minimum Gasteiger partial charge on any atom is -0.507 e. The fraction of sp³-hybridized carbons (Fsp3) is 0.300. The number of ketones is 2. The summed E-state index contributed by atoms with van der Waals surface area (Å²) >= 11 is 5.74. The van der Waals surface area contributed by atoms with Gasteiger partial charge in [0.1, 0.15) is 5.75 Å². The first-order valence-corrected chi connectivity index (χ1v) is 8.63. The summed E-state index contributed by atoms with van der Waals surface area (Å²) in [4.78, 5) is 25.2. The second-order valence-electron chi connectivity index (χ2n) is 5.73. The molecule has 0 bridgehead atoms. The van der Waals surface area contributed by atoms with Gasteiger partial charge in [-0.2, -0.15) is 0 Å². The summed E-state index contributed by atoms with van der Waals surface area (Å²) in [5.41, 5.74) is 1.98. The molecular formula is C20H21ClO3. The van der Waals surface area contributed by atoms with Crippen molar-refractivity contribution in [1.29, 1.82) is 0 Å². The second kappa shape index (κ2) is 8.65. The van der Waals surface area contributed by atoms with Crippen LogP contribution >= 0.6 is 11.6 Å². The molecule has 1 unspecified atom stereocenters. The maximum atomic E-state index is 12.7. The number of aryl methyl sites for hydroxylation is 1. The number of phenols is 1. The Morgan fingerprint density at radius 2 is 1.75 bits per heavy atom. The highest BCUT2D eigenvalue weighted by Gasteiger charge is 2.28. The molecule has 126 valence electrons. The van der Waals surface area contributed by atoms with Crippen molar-refractivity contribution in [2.24, 2.45) is 0 Å². The number of hydrogen-bond donors (Lipinski definition) is 1. The van der Waals surface area contributed by atoms with Gasteiger partial charge in [-0.05, 0) is 36.1 Å². The van der Waals surface area contributed by atoms with Crippen molar-refractivity contribution in [3.05, 3.63) is 65.2 Å². The van der Waals surface area contributed by atoms with Crippen molar-refractivity contribution in [3.8, 4) is 5.75 Å². The molecule has 0 saturated heterocycles. The van der Waals surface area contributed by atoms with E-state index in [4.69, 9.17) is 11.6 Å². The average Bonchev–Trinajstić information content (AvgIpc) is 2.60. The molecule has 0 heterocycles. The van der Waals surface area contributed by atoms with Gasteiger partial charge < -0.3 is 5.11 Å². The van der Waals surface area contributed by atoms with E-state index in [9.17, 15) is 14.7 Å². The zero-order valence-electron chi connectivity index (χ0n) is 13.7. The first-order valence-electron chi connectivity index (χ1n) is 8.09. The summed E-state index contributed by atoms with van der Waals surface area (Å²) in [6.45, 7) is 1.98. The minimum absolute atomic E-state index is 0.0577. The fourth-order valence-corrected chi connectivity index (χ4v) is 2.94. The predicted octanol–water partition coefficient (Wildman–Crippen LogP) is 4.51. The van der Waals surface area contributed by atoms with Gasteiger partial charge in [-0.3, -0.25) is 9.59 Å². The lowest BCUT2D eigenvalue weighted by atomic mass is 9.86. The Kier molecular flexibility index (Phi) is 6.56. The van der Waals surface area contributed by atoms with E-state index in [0.717, 1.165) is 24.0 Å². The van der Waals surface area contributed by atoms with E-state index in [-0.39, 0.29) is 11.3 Å². The predicted molar refractivity (Wildman–Crippen MR) is 96.0 cm³/mol. The van der Waals surface area contributed by atoms with Crippen molar-refractivity contribution < 1.29 is 14.7 Å². The Morgan fingerprint density at radius 1 is 1.08 bits per heavy atom. The number of rotatable bonds is 8. The molecule has 1 N–H and O–H groups in total. The van der Waals surface area contributed by atoms with Crippen LogP contribution in [0.5, 0.6) is 5.75 Å². The van der Waals surface area contributed by atoms with Crippen LogP contribution in [0.3, 0.4) is 0 Å². The van der Waals surface area contributed by atoms with E-state index in [2.05, 4.69) is 0 Å². The van der Waals surface area contributed by atoms with Crippen LogP contribution in [0.1, 0.15) is 47.2 Å². The van der Waals surface area contributed by atoms with Gasteiger partial charge >= 0.3 is 0 Å². The number of para-hydroxylation sites is 1. The molecule has 0 spiro atoms. The molecule has 0 aliphatic rings. The molecule has 0 aromatic heterocycles. The summed E-state index contributed by atoms with van der Waals surface area (Å²) in [7, 11) is 0. The highest BCUT2D eigenvalue weighted by molar-refractivity contribution is 6.46. The maximum Gasteiger partial charge on any atom is 0.232 e. The Balaban J connectivity index is 2.27. The summed E-state index contributed by atoms with van der Waals surface area (Å²) in [6, 6.07) is 13.8. The number of alkyl halides is 1. The van der Waals surface area contributed by atoms with Crippen molar-refractivity contribution in [1.82, 2.24) is 0 Å². The molecule has 0 aliphatic heterocycles. The lowest BCUT2D eigenvalue weighted by Crippen LogP contribution is -2.22. The summed E-state index contributed by atoms with van der Waals surface area (Å²) in [6.07, 6.45) is 2.14. The Hall–Kier alpha value is -2.13. The largest absolute Gasteiger partial charge is 0.507 e. The number of Topliss-reactive ketones (excluding diaryl/α,β-unsaturated/α-hetero) is 2. The molecule has 0 saturated carbocycles. The van der Waals surface area contributed by atoms with Crippen LogP contribution in [0.4, 0.5) is 0 Å². The Labute approximate surface area is 147 Å². The standard InChI is InChI=1S/C20H21ClO3/c1-2-5-16(15-10-8-14(9-11-15)12-13-21)19(23)20(24)17-6-3-4-7-18(17)22/h3-4,6-11,16,22H,2,5,12-13H2,1H3. The number of halogens is 1. The topological polar surface area (TPSA) is 54.4 Å². The summed E-state index contributed by atoms with van der Waals surface area (Å²) < 4.78 is 0. The number of aromatic hydroxyl groups is 1. The van der Waals surface area contributed by atoms with Crippen LogP contribution in [0, 0.1) is 0 Å².